The predicted molar refractivity (Wildman–Crippen MR) is 111 cm³/mol. The summed E-state index contributed by atoms with van der Waals surface area (Å²) in [4.78, 5) is 14.6. The van der Waals surface area contributed by atoms with E-state index in [1.165, 1.54) is 16.7 Å². The Labute approximate surface area is 173 Å². The first-order valence-electron chi connectivity index (χ1n) is 9.65. The van der Waals surface area contributed by atoms with E-state index in [-0.39, 0.29) is 17.3 Å². The molecule has 0 fully saturated rings. The average Bonchev–Trinajstić information content (AvgIpc) is 2.93. The Morgan fingerprint density at radius 2 is 2.14 bits per heavy atom. The number of ether oxygens (including phenoxy) is 2. The van der Waals surface area contributed by atoms with Crippen LogP contribution in [0.25, 0.3) is 0 Å². The zero-order valence-electron chi connectivity index (χ0n) is 15.8. The smallest absolute Gasteiger partial charge is 0.166 e. The molecular weight excluding hydrogens is 418 g/mol. The molecule has 0 saturated carbocycles. The maximum absolute atomic E-state index is 12.1. The summed E-state index contributed by atoms with van der Waals surface area (Å²) in [5, 5.41) is 0. The van der Waals surface area contributed by atoms with E-state index in [0.717, 1.165) is 42.0 Å². The SMILES string of the molecule is COc1cc(Br)c2c3c1OC1CC(=O)C=CC31CCN(Cc1ccccc1)C2. The van der Waals surface area contributed by atoms with Crippen LogP contribution in [0.4, 0.5) is 0 Å². The molecule has 5 rings (SSSR count). The summed E-state index contributed by atoms with van der Waals surface area (Å²) in [6.07, 6.45) is 5.03. The van der Waals surface area contributed by atoms with Crippen LogP contribution in [-0.2, 0) is 23.3 Å². The van der Waals surface area contributed by atoms with Crippen molar-refractivity contribution in [2.24, 2.45) is 0 Å². The second-order valence-corrected chi connectivity index (χ2v) is 8.69. The third kappa shape index (κ3) is 2.72. The highest BCUT2D eigenvalue weighted by atomic mass is 79.9. The number of methoxy groups -OCH3 is 1. The maximum atomic E-state index is 12.1. The van der Waals surface area contributed by atoms with Gasteiger partial charge < -0.3 is 9.47 Å². The monoisotopic (exact) mass is 439 g/mol. The Bertz CT molecular complexity index is 972. The second kappa shape index (κ2) is 6.75. The third-order valence-corrected chi connectivity index (χ3v) is 6.95. The van der Waals surface area contributed by atoms with Gasteiger partial charge in [-0.2, -0.15) is 0 Å². The van der Waals surface area contributed by atoms with Gasteiger partial charge in [0.15, 0.2) is 17.3 Å². The van der Waals surface area contributed by atoms with Crippen LogP contribution in [0.5, 0.6) is 11.5 Å². The molecule has 2 aromatic carbocycles. The summed E-state index contributed by atoms with van der Waals surface area (Å²) in [7, 11) is 1.67. The largest absolute Gasteiger partial charge is 0.493 e. The lowest BCUT2D eigenvalue weighted by Crippen LogP contribution is -2.42. The van der Waals surface area contributed by atoms with Crippen LogP contribution in [-0.4, -0.2) is 30.4 Å². The molecule has 2 aromatic rings. The van der Waals surface area contributed by atoms with Gasteiger partial charge in [-0.15, -0.1) is 0 Å². The minimum absolute atomic E-state index is 0.133. The Hall–Kier alpha value is -2.11. The molecule has 2 heterocycles. The molecule has 0 radical (unpaired) electrons. The molecule has 2 atom stereocenters. The van der Waals surface area contributed by atoms with Crippen LogP contribution in [0.15, 0.2) is 53.0 Å². The fourth-order valence-electron chi connectivity index (χ4n) is 4.87. The predicted octanol–water partition coefficient (Wildman–Crippen LogP) is 4.39. The topological polar surface area (TPSA) is 38.8 Å². The fraction of sp³-hybridized carbons (Fsp3) is 0.348. The van der Waals surface area contributed by atoms with E-state index < -0.39 is 0 Å². The number of hydrogen-bond acceptors (Lipinski definition) is 4. The van der Waals surface area contributed by atoms with Crippen molar-refractivity contribution in [1.29, 1.82) is 0 Å². The van der Waals surface area contributed by atoms with Gasteiger partial charge in [0.1, 0.15) is 6.10 Å². The molecule has 0 amide bonds. The summed E-state index contributed by atoms with van der Waals surface area (Å²) < 4.78 is 13.0. The molecule has 0 aromatic heterocycles. The summed E-state index contributed by atoms with van der Waals surface area (Å²) in [6.45, 7) is 2.68. The van der Waals surface area contributed by atoms with E-state index in [2.05, 4.69) is 57.2 Å². The van der Waals surface area contributed by atoms with Gasteiger partial charge >= 0.3 is 0 Å². The highest BCUT2D eigenvalue weighted by Gasteiger charge is 2.53. The number of benzene rings is 2. The number of halogens is 1. The standard InChI is InChI=1S/C23H22BrNO3/c1-27-19-12-18(24)17-14-25(13-15-5-3-2-4-6-15)10-9-23-8-7-16(26)11-20(23)28-22(19)21(17)23/h2-8,12,20H,9-11,13-14H2,1H3. The Kier molecular flexibility index (Phi) is 4.33. The molecule has 0 N–H and O–H groups in total. The number of carbonyl (C=O) groups is 1. The molecule has 2 unspecified atom stereocenters. The first kappa shape index (κ1) is 18.0. The number of hydrogen-bond donors (Lipinski definition) is 0. The highest BCUT2D eigenvalue weighted by Crippen LogP contribution is 2.57. The van der Waals surface area contributed by atoms with Gasteiger partial charge in [0.25, 0.3) is 0 Å². The van der Waals surface area contributed by atoms with Gasteiger partial charge in [-0.3, -0.25) is 9.69 Å². The van der Waals surface area contributed by atoms with Crippen LogP contribution < -0.4 is 9.47 Å². The molecule has 2 aliphatic heterocycles. The number of allylic oxidation sites excluding steroid dienone is 1. The number of rotatable bonds is 3. The van der Waals surface area contributed by atoms with Crippen LogP contribution in [0.1, 0.15) is 29.5 Å². The van der Waals surface area contributed by atoms with Gasteiger partial charge in [0.2, 0.25) is 0 Å². The van der Waals surface area contributed by atoms with E-state index >= 15 is 0 Å². The minimum atomic E-state index is -0.263. The van der Waals surface area contributed by atoms with Crippen LogP contribution >= 0.6 is 15.9 Å². The Morgan fingerprint density at radius 1 is 1.32 bits per heavy atom. The molecule has 144 valence electrons. The van der Waals surface area contributed by atoms with Gasteiger partial charge in [0.05, 0.1) is 12.5 Å². The minimum Gasteiger partial charge on any atom is -0.493 e. The van der Waals surface area contributed by atoms with E-state index in [4.69, 9.17) is 9.47 Å². The second-order valence-electron chi connectivity index (χ2n) is 7.84. The lowest BCUT2D eigenvalue weighted by Gasteiger charge is -2.33. The van der Waals surface area contributed by atoms with Crippen LogP contribution in [0.2, 0.25) is 0 Å². The molecule has 5 heteroatoms. The van der Waals surface area contributed by atoms with Crippen molar-refractivity contribution >= 4 is 21.7 Å². The third-order valence-electron chi connectivity index (χ3n) is 6.24. The lowest BCUT2D eigenvalue weighted by molar-refractivity contribution is -0.117. The molecule has 4 nitrogen and oxygen atoms in total. The lowest BCUT2D eigenvalue weighted by atomic mass is 9.69. The fourth-order valence-corrected chi connectivity index (χ4v) is 5.40. The van der Waals surface area contributed by atoms with E-state index in [1.807, 2.05) is 6.07 Å². The molecule has 1 aliphatic carbocycles. The highest BCUT2D eigenvalue weighted by molar-refractivity contribution is 9.10. The number of nitrogens with zero attached hydrogens (tertiary/aromatic N) is 1. The summed E-state index contributed by atoms with van der Waals surface area (Å²) in [5.41, 5.74) is 3.49. The van der Waals surface area contributed by atoms with E-state index in [0.29, 0.717) is 6.42 Å². The van der Waals surface area contributed by atoms with Gasteiger partial charge in [0, 0.05) is 36.1 Å². The Balaban J connectivity index is 1.62. The van der Waals surface area contributed by atoms with Crippen LogP contribution in [0, 0.1) is 0 Å². The number of carbonyl (C=O) groups excluding carboxylic acids is 1. The number of ketones is 1. The first-order chi connectivity index (χ1) is 13.6. The molecule has 3 aliphatic rings. The summed E-state index contributed by atoms with van der Waals surface area (Å²) in [5.74, 6) is 1.68. The molecule has 1 spiro atoms. The molecule has 28 heavy (non-hydrogen) atoms. The Morgan fingerprint density at radius 3 is 2.93 bits per heavy atom. The van der Waals surface area contributed by atoms with E-state index in [9.17, 15) is 4.79 Å². The summed E-state index contributed by atoms with van der Waals surface area (Å²) >= 11 is 3.78. The van der Waals surface area contributed by atoms with E-state index in [1.54, 1.807) is 13.2 Å². The van der Waals surface area contributed by atoms with Crippen molar-refractivity contribution < 1.29 is 14.3 Å². The van der Waals surface area contributed by atoms with Gasteiger partial charge in [-0.05, 0) is 29.7 Å². The molecule has 0 saturated heterocycles. The normalized spacial score (nSPS) is 25.6. The molecular formula is C23H22BrNO3. The quantitative estimate of drug-likeness (QED) is 0.710. The van der Waals surface area contributed by atoms with Crippen LogP contribution in [0.3, 0.4) is 0 Å². The average molecular weight is 440 g/mol. The van der Waals surface area contributed by atoms with Gasteiger partial charge in [-0.1, -0.05) is 52.3 Å². The summed E-state index contributed by atoms with van der Waals surface area (Å²) in [6, 6.07) is 12.6. The van der Waals surface area contributed by atoms with Crippen molar-refractivity contribution in [3.63, 3.8) is 0 Å². The van der Waals surface area contributed by atoms with Crippen molar-refractivity contribution in [2.45, 2.75) is 37.5 Å². The van der Waals surface area contributed by atoms with Crippen molar-refractivity contribution in [3.05, 3.63) is 69.7 Å². The van der Waals surface area contributed by atoms with Crippen molar-refractivity contribution in [2.75, 3.05) is 13.7 Å². The zero-order chi connectivity index (χ0) is 19.3. The molecule has 0 bridgehead atoms. The first-order valence-corrected chi connectivity index (χ1v) is 10.4. The maximum Gasteiger partial charge on any atom is 0.166 e. The van der Waals surface area contributed by atoms with Crippen molar-refractivity contribution in [3.8, 4) is 11.5 Å². The zero-order valence-corrected chi connectivity index (χ0v) is 17.4. The van der Waals surface area contributed by atoms with Gasteiger partial charge in [-0.25, -0.2) is 0 Å². The van der Waals surface area contributed by atoms with Crippen molar-refractivity contribution in [1.82, 2.24) is 4.90 Å².